The highest BCUT2D eigenvalue weighted by Gasteiger charge is 2.16. The van der Waals surface area contributed by atoms with E-state index in [1.54, 1.807) is 19.2 Å². The van der Waals surface area contributed by atoms with Crippen LogP contribution < -0.4 is 15.2 Å². The summed E-state index contributed by atoms with van der Waals surface area (Å²) in [6.07, 6.45) is 0. The summed E-state index contributed by atoms with van der Waals surface area (Å²) < 4.78 is 11.2. The third-order valence-corrected chi connectivity index (χ3v) is 3.58. The van der Waals surface area contributed by atoms with E-state index < -0.39 is 0 Å². The molecule has 0 amide bonds. The van der Waals surface area contributed by atoms with Gasteiger partial charge in [-0.15, -0.1) is 0 Å². The average molecular weight is 306 g/mol. The summed E-state index contributed by atoms with van der Waals surface area (Å²) in [5.74, 6) is 1.55. The van der Waals surface area contributed by atoms with Gasteiger partial charge in [0, 0.05) is 10.6 Å². The number of nitrogens with two attached hydrogens (primary N) is 1. The van der Waals surface area contributed by atoms with Crippen LogP contribution in [-0.2, 0) is 0 Å². The first-order chi connectivity index (χ1) is 10.0. The maximum absolute atomic E-state index is 6.27. The zero-order chi connectivity index (χ0) is 15.4. The molecule has 3 nitrogen and oxygen atoms in total. The normalized spacial score (nSPS) is 12.0. The number of aryl methyl sites for hydroxylation is 2. The Bertz CT molecular complexity index is 611. The monoisotopic (exact) mass is 305 g/mol. The molecule has 0 radical (unpaired) electrons. The van der Waals surface area contributed by atoms with Gasteiger partial charge in [0.05, 0.1) is 13.2 Å². The number of halogens is 1. The molecule has 2 rings (SSSR count). The lowest BCUT2D eigenvalue weighted by atomic mass is 9.99. The predicted molar refractivity (Wildman–Crippen MR) is 86.3 cm³/mol. The van der Waals surface area contributed by atoms with Crippen LogP contribution in [0.1, 0.15) is 22.7 Å². The quantitative estimate of drug-likeness (QED) is 0.906. The van der Waals surface area contributed by atoms with Gasteiger partial charge < -0.3 is 15.2 Å². The molecule has 0 bridgehead atoms. The Balaban J connectivity index is 2.13. The molecule has 0 saturated carbocycles. The second kappa shape index (κ2) is 6.83. The van der Waals surface area contributed by atoms with Crippen molar-refractivity contribution in [3.63, 3.8) is 0 Å². The highest BCUT2D eigenvalue weighted by atomic mass is 35.5. The van der Waals surface area contributed by atoms with Crippen LogP contribution in [0.5, 0.6) is 11.5 Å². The van der Waals surface area contributed by atoms with Gasteiger partial charge in [0.15, 0.2) is 0 Å². The van der Waals surface area contributed by atoms with E-state index in [2.05, 4.69) is 6.07 Å². The van der Waals surface area contributed by atoms with Gasteiger partial charge in [0.1, 0.15) is 18.1 Å². The van der Waals surface area contributed by atoms with Crippen LogP contribution in [-0.4, -0.2) is 13.7 Å². The summed E-state index contributed by atoms with van der Waals surface area (Å²) >= 11 is 5.85. The molecule has 0 aliphatic carbocycles. The van der Waals surface area contributed by atoms with Gasteiger partial charge in [0.2, 0.25) is 0 Å². The summed E-state index contributed by atoms with van der Waals surface area (Å²) in [5.41, 5.74) is 9.51. The Morgan fingerprint density at radius 2 is 1.81 bits per heavy atom. The van der Waals surface area contributed by atoms with Crippen molar-refractivity contribution in [2.75, 3.05) is 13.7 Å². The molecule has 2 N–H and O–H groups in total. The first kappa shape index (κ1) is 15.7. The van der Waals surface area contributed by atoms with E-state index in [0.717, 1.165) is 28.2 Å². The van der Waals surface area contributed by atoms with Crippen LogP contribution in [0.4, 0.5) is 0 Å². The van der Waals surface area contributed by atoms with E-state index in [-0.39, 0.29) is 6.04 Å². The Kier molecular flexibility index (Phi) is 5.10. The third-order valence-electron chi connectivity index (χ3n) is 3.33. The molecule has 2 aromatic carbocycles. The molecule has 0 aliphatic rings. The maximum Gasteiger partial charge on any atom is 0.124 e. The van der Waals surface area contributed by atoms with Crippen LogP contribution in [0.3, 0.4) is 0 Å². The Hall–Kier alpha value is -1.71. The van der Waals surface area contributed by atoms with Crippen LogP contribution in [0, 0.1) is 13.8 Å². The van der Waals surface area contributed by atoms with Gasteiger partial charge >= 0.3 is 0 Å². The molecule has 0 fully saturated rings. The van der Waals surface area contributed by atoms with Crippen LogP contribution in [0.2, 0.25) is 5.02 Å². The lowest BCUT2D eigenvalue weighted by Gasteiger charge is -2.19. The molecular formula is C17H20ClNO2. The summed E-state index contributed by atoms with van der Waals surface area (Å²) in [6, 6.07) is 11.1. The van der Waals surface area contributed by atoms with Crippen molar-refractivity contribution in [2.24, 2.45) is 5.73 Å². The van der Waals surface area contributed by atoms with Crippen molar-refractivity contribution in [3.8, 4) is 11.5 Å². The molecule has 1 atom stereocenters. The minimum Gasteiger partial charge on any atom is -0.496 e. The fourth-order valence-electron chi connectivity index (χ4n) is 2.38. The number of hydrogen-bond acceptors (Lipinski definition) is 3. The van der Waals surface area contributed by atoms with Crippen molar-refractivity contribution < 1.29 is 9.47 Å². The number of rotatable bonds is 5. The Morgan fingerprint density at radius 1 is 1.14 bits per heavy atom. The van der Waals surface area contributed by atoms with E-state index in [1.165, 1.54) is 0 Å². The van der Waals surface area contributed by atoms with Crippen molar-refractivity contribution >= 4 is 11.6 Å². The molecule has 0 spiro atoms. The van der Waals surface area contributed by atoms with E-state index in [1.807, 2.05) is 32.0 Å². The summed E-state index contributed by atoms with van der Waals surface area (Å²) in [5, 5.41) is 0.683. The summed E-state index contributed by atoms with van der Waals surface area (Å²) in [7, 11) is 1.66. The molecule has 2 aromatic rings. The molecule has 21 heavy (non-hydrogen) atoms. The van der Waals surface area contributed by atoms with Crippen LogP contribution in [0.15, 0.2) is 36.4 Å². The zero-order valence-corrected chi connectivity index (χ0v) is 13.3. The molecule has 0 heterocycles. The summed E-state index contributed by atoms with van der Waals surface area (Å²) in [4.78, 5) is 0. The van der Waals surface area contributed by atoms with Crippen molar-refractivity contribution in [1.82, 2.24) is 0 Å². The second-order valence-corrected chi connectivity index (χ2v) is 5.51. The molecule has 0 aromatic heterocycles. The maximum atomic E-state index is 6.27. The predicted octanol–water partition coefficient (Wildman–Crippen LogP) is 4.04. The van der Waals surface area contributed by atoms with E-state index >= 15 is 0 Å². The van der Waals surface area contributed by atoms with E-state index in [4.69, 9.17) is 26.8 Å². The van der Waals surface area contributed by atoms with Crippen LogP contribution in [0.25, 0.3) is 0 Å². The van der Waals surface area contributed by atoms with Gasteiger partial charge in [-0.05, 0) is 55.3 Å². The molecule has 1 unspecified atom stereocenters. The molecule has 4 heteroatoms. The molecular weight excluding hydrogens is 286 g/mol. The van der Waals surface area contributed by atoms with Crippen molar-refractivity contribution in [3.05, 3.63) is 58.1 Å². The van der Waals surface area contributed by atoms with E-state index in [0.29, 0.717) is 11.6 Å². The van der Waals surface area contributed by atoms with Gasteiger partial charge in [0.25, 0.3) is 0 Å². The number of benzene rings is 2. The highest BCUT2D eigenvalue weighted by Crippen LogP contribution is 2.29. The lowest BCUT2D eigenvalue weighted by Crippen LogP contribution is -2.21. The SMILES string of the molecule is COc1cc(C)cc(C)c1C(N)COc1ccc(Cl)cc1. The number of methoxy groups -OCH3 is 1. The first-order valence-electron chi connectivity index (χ1n) is 6.80. The van der Waals surface area contributed by atoms with Crippen molar-refractivity contribution in [2.45, 2.75) is 19.9 Å². The van der Waals surface area contributed by atoms with Gasteiger partial charge in [-0.3, -0.25) is 0 Å². The van der Waals surface area contributed by atoms with Crippen molar-refractivity contribution in [1.29, 1.82) is 0 Å². The minimum atomic E-state index is -0.253. The highest BCUT2D eigenvalue weighted by molar-refractivity contribution is 6.30. The second-order valence-electron chi connectivity index (χ2n) is 5.07. The molecule has 0 aliphatic heterocycles. The largest absolute Gasteiger partial charge is 0.496 e. The summed E-state index contributed by atoms with van der Waals surface area (Å²) in [6.45, 7) is 4.45. The Labute approximate surface area is 130 Å². The fourth-order valence-corrected chi connectivity index (χ4v) is 2.51. The van der Waals surface area contributed by atoms with E-state index in [9.17, 15) is 0 Å². The van der Waals surface area contributed by atoms with Gasteiger partial charge in [-0.1, -0.05) is 17.7 Å². The third kappa shape index (κ3) is 3.90. The smallest absolute Gasteiger partial charge is 0.124 e. The fraction of sp³-hybridized carbons (Fsp3) is 0.294. The average Bonchev–Trinajstić information content (AvgIpc) is 2.45. The minimum absolute atomic E-state index is 0.253. The first-order valence-corrected chi connectivity index (χ1v) is 7.18. The Morgan fingerprint density at radius 3 is 2.43 bits per heavy atom. The number of ether oxygens (including phenoxy) is 2. The van der Waals surface area contributed by atoms with Gasteiger partial charge in [-0.25, -0.2) is 0 Å². The van der Waals surface area contributed by atoms with Crippen LogP contribution >= 0.6 is 11.6 Å². The standard InChI is InChI=1S/C17H20ClNO2/c1-11-8-12(2)17(16(9-11)20-3)15(19)10-21-14-6-4-13(18)5-7-14/h4-9,15H,10,19H2,1-3H3. The molecule has 112 valence electrons. The molecule has 0 saturated heterocycles. The zero-order valence-electron chi connectivity index (χ0n) is 12.5. The lowest BCUT2D eigenvalue weighted by molar-refractivity contribution is 0.286. The van der Waals surface area contributed by atoms with Gasteiger partial charge in [-0.2, -0.15) is 0 Å². The topological polar surface area (TPSA) is 44.5 Å². The number of hydrogen-bond donors (Lipinski definition) is 1.